The van der Waals surface area contributed by atoms with Gasteiger partial charge in [-0.05, 0) is 30.2 Å². The van der Waals surface area contributed by atoms with Gasteiger partial charge in [0.2, 0.25) is 5.91 Å². The van der Waals surface area contributed by atoms with Crippen LogP contribution in [0.25, 0.3) is 0 Å². The van der Waals surface area contributed by atoms with Gasteiger partial charge in [-0.1, -0.05) is 42.5 Å². The molecule has 0 saturated carbocycles. The lowest BCUT2D eigenvalue weighted by molar-refractivity contribution is -0.117. The zero-order valence-corrected chi connectivity index (χ0v) is 15.4. The number of rotatable bonds is 6. The predicted octanol–water partition coefficient (Wildman–Crippen LogP) is 2.29. The van der Waals surface area contributed by atoms with Crippen LogP contribution < -0.4 is 11.1 Å². The van der Waals surface area contributed by atoms with E-state index in [0.29, 0.717) is 0 Å². The maximum absolute atomic E-state index is 11.6. The molecule has 0 spiro atoms. The number of hydrogen-bond acceptors (Lipinski definition) is 4. The zero-order chi connectivity index (χ0) is 18.4. The second kappa shape index (κ2) is 8.94. The Hall–Kier alpha value is -2.21. The summed E-state index contributed by atoms with van der Waals surface area (Å²) in [6.07, 6.45) is 0. The summed E-state index contributed by atoms with van der Waals surface area (Å²) in [4.78, 5) is 16.6. The van der Waals surface area contributed by atoms with Crippen LogP contribution in [0.3, 0.4) is 0 Å². The summed E-state index contributed by atoms with van der Waals surface area (Å²) < 4.78 is 0. The van der Waals surface area contributed by atoms with Crippen LogP contribution in [0.5, 0.6) is 0 Å². The first-order chi connectivity index (χ1) is 12.6. The van der Waals surface area contributed by atoms with E-state index in [1.165, 1.54) is 11.1 Å². The normalized spacial score (nSPS) is 17.0. The lowest BCUT2D eigenvalue weighted by Crippen LogP contribution is -2.45. The third kappa shape index (κ3) is 5.39. The van der Waals surface area contributed by atoms with Crippen LogP contribution in [0.4, 0.5) is 5.69 Å². The van der Waals surface area contributed by atoms with Gasteiger partial charge < -0.3 is 11.1 Å². The first-order valence-electron chi connectivity index (χ1n) is 9.24. The minimum Gasteiger partial charge on any atom is -0.325 e. The highest BCUT2D eigenvalue weighted by Gasteiger charge is 2.17. The molecule has 1 amide bonds. The first-order valence-corrected chi connectivity index (χ1v) is 9.24. The maximum atomic E-state index is 11.6. The Labute approximate surface area is 155 Å². The number of amides is 1. The van der Waals surface area contributed by atoms with E-state index in [2.05, 4.69) is 57.6 Å². The molecule has 0 aromatic heterocycles. The second-order valence-corrected chi connectivity index (χ2v) is 7.01. The number of carbonyl (C=O) groups excluding carboxylic acids is 1. The lowest BCUT2D eigenvalue weighted by atomic mass is 10.1. The summed E-state index contributed by atoms with van der Waals surface area (Å²) >= 11 is 0. The van der Waals surface area contributed by atoms with E-state index in [0.717, 1.165) is 45.0 Å². The fourth-order valence-corrected chi connectivity index (χ4v) is 3.15. The summed E-state index contributed by atoms with van der Waals surface area (Å²) in [6, 6.07) is 18.2. The third-order valence-electron chi connectivity index (χ3n) is 4.76. The molecule has 1 fully saturated rings. The van der Waals surface area contributed by atoms with Crippen molar-refractivity contribution in [2.45, 2.75) is 26.1 Å². The Bertz CT molecular complexity index is 692. The Kier molecular flexibility index (Phi) is 6.39. The summed E-state index contributed by atoms with van der Waals surface area (Å²) in [5.74, 6) is -0.160. The topological polar surface area (TPSA) is 61.6 Å². The molecule has 26 heavy (non-hydrogen) atoms. The van der Waals surface area contributed by atoms with Crippen LogP contribution in [0.1, 0.15) is 18.1 Å². The maximum Gasteiger partial charge on any atom is 0.240 e. The summed E-state index contributed by atoms with van der Waals surface area (Å²) in [6.45, 7) is 8.01. The van der Waals surface area contributed by atoms with E-state index in [9.17, 15) is 4.79 Å². The van der Waals surface area contributed by atoms with Crippen molar-refractivity contribution in [1.82, 2.24) is 9.80 Å². The molecule has 3 rings (SSSR count). The van der Waals surface area contributed by atoms with E-state index >= 15 is 0 Å². The number of anilines is 1. The molecule has 1 saturated heterocycles. The van der Waals surface area contributed by atoms with Crippen molar-refractivity contribution in [3.05, 3.63) is 65.7 Å². The Morgan fingerprint density at radius 1 is 0.923 bits per heavy atom. The molecule has 0 bridgehead atoms. The predicted molar refractivity (Wildman–Crippen MR) is 106 cm³/mol. The molecule has 3 N–H and O–H groups in total. The van der Waals surface area contributed by atoms with Crippen LogP contribution >= 0.6 is 0 Å². The van der Waals surface area contributed by atoms with Gasteiger partial charge in [0.15, 0.2) is 0 Å². The van der Waals surface area contributed by atoms with Crippen molar-refractivity contribution >= 4 is 11.6 Å². The molecule has 0 aliphatic carbocycles. The number of carbonyl (C=O) groups is 1. The Balaban J connectivity index is 1.45. The monoisotopic (exact) mass is 352 g/mol. The van der Waals surface area contributed by atoms with Crippen molar-refractivity contribution in [2.75, 3.05) is 31.5 Å². The molecule has 138 valence electrons. The van der Waals surface area contributed by atoms with Gasteiger partial charge in [-0.2, -0.15) is 0 Å². The smallest absolute Gasteiger partial charge is 0.240 e. The van der Waals surface area contributed by atoms with Gasteiger partial charge in [-0.15, -0.1) is 0 Å². The number of benzene rings is 2. The SMILES string of the molecule is C[C@@H](N)C(=O)Nc1ccc(CN2CCN(Cc3ccccc3)CC2)cc1. The van der Waals surface area contributed by atoms with Gasteiger partial charge in [-0.3, -0.25) is 14.6 Å². The summed E-state index contributed by atoms with van der Waals surface area (Å²) in [5, 5.41) is 2.82. The zero-order valence-electron chi connectivity index (χ0n) is 15.4. The van der Waals surface area contributed by atoms with Crippen molar-refractivity contribution in [2.24, 2.45) is 5.73 Å². The average molecular weight is 352 g/mol. The average Bonchev–Trinajstić information content (AvgIpc) is 2.66. The van der Waals surface area contributed by atoms with Crippen LogP contribution in [0.15, 0.2) is 54.6 Å². The highest BCUT2D eigenvalue weighted by molar-refractivity contribution is 5.94. The molecule has 1 aliphatic rings. The van der Waals surface area contributed by atoms with Gasteiger partial charge >= 0.3 is 0 Å². The number of nitrogens with zero attached hydrogens (tertiary/aromatic N) is 2. The number of nitrogens with two attached hydrogens (primary N) is 1. The van der Waals surface area contributed by atoms with Crippen LogP contribution in [0, 0.1) is 0 Å². The number of piperazine rings is 1. The highest BCUT2D eigenvalue weighted by atomic mass is 16.2. The van der Waals surface area contributed by atoms with E-state index in [4.69, 9.17) is 5.73 Å². The van der Waals surface area contributed by atoms with Gasteiger partial charge in [0, 0.05) is 45.0 Å². The van der Waals surface area contributed by atoms with Crippen molar-refractivity contribution in [3.63, 3.8) is 0 Å². The summed E-state index contributed by atoms with van der Waals surface area (Å²) in [7, 11) is 0. The van der Waals surface area contributed by atoms with Crippen LogP contribution in [-0.2, 0) is 17.9 Å². The summed E-state index contributed by atoms with van der Waals surface area (Å²) in [5.41, 5.74) is 9.01. The van der Waals surface area contributed by atoms with Gasteiger partial charge in [0.25, 0.3) is 0 Å². The van der Waals surface area contributed by atoms with E-state index in [1.54, 1.807) is 6.92 Å². The van der Waals surface area contributed by atoms with Crippen LogP contribution in [0.2, 0.25) is 0 Å². The van der Waals surface area contributed by atoms with E-state index in [1.807, 2.05) is 12.1 Å². The number of nitrogens with one attached hydrogen (secondary N) is 1. The van der Waals surface area contributed by atoms with Gasteiger partial charge in [-0.25, -0.2) is 0 Å². The van der Waals surface area contributed by atoms with Crippen molar-refractivity contribution < 1.29 is 4.79 Å². The number of hydrogen-bond donors (Lipinski definition) is 2. The molecule has 5 nitrogen and oxygen atoms in total. The Morgan fingerprint density at radius 3 is 1.92 bits per heavy atom. The molecule has 5 heteroatoms. The molecule has 1 aliphatic heterocycles. The third-order valence-corrected chi connectivity index (χ3v) is 4.76. The fraction of sp³-hybridized carbons (Fsp3) is 0.381. The fourth-order valence-electron chi connectivity index (χ4n) is 3.15. The molecule has 1 heterocycles. The van der Waals surface area contributed by atoms with E-state index in [-0.39, 0.29) is 5.91 Å². The van der Waals surface area contributed by atoms with Gasteiger partial charge in [0.1, 0.15) is 0 Å². The minimum atomic E-state index is -0.498. The molecular formula is C21H28N4O. The van der Waals surface area contributed by atoms with Crippen molar-refractivity contribution in [1.29, 1.82) is 0 Å². The molecule has 0 unspecified atom stereocenters. The molecule has 2 aromatic carbocycles. The first kappa shape index (κ1) is 18.6. The molecular weight excluding hydrogens is 324 g/mol. The molecule has 2 aromatic rings. The lowest BCUT2D eigenvalue weighted by Gasteiger charge is -2.34. The largest absolute Gasteiger partial charge is 0.325 e. The molecule has 1 atom stereocenters. The Morgan fingerprint density at radius 2 is 1.42 bits per heavy atom. The quantitative estimate of drug-likeness (QED) is 0.837. The second-order valence-electron chi connectivity index (χ2n) is 7.01. The molecule has 0 radical (unpaired) electrons. The van der Waals surface area contributed by atoms with Crippen LogP contribution in [-0.4, -0.2) is 47.9 Å². The van der Waals surface area contributed by atoms with Gasteiger partial charge in [0.05, 0.1) is 6.04 Å². The minimum absolute atomic E-state index is 0.160. The van der Waals surface area contributed by atoms with Crippen molar-refractivity contribution in [3.8, 4) is 0 Å². The standard InChI is InChI=1S/C21H28N4O/c1-17(22)21(26)23-20-9-7-19(8-10-20)16-25-13-11-24(12-14-25)15-18-5-3-2-4-6-18/h2-10,17H,11-16,22H2,1H3,(H,23,26)/t17-/m1/s1. The highest BCUT2D eigenvalue weighted by Crippen LogP contribution is 2.14. The van der Waals surface area contributed by atoms with E-state index < -0.39 is 6.04 Å².